The fourth-order valence-electron chi connectivity index (χ4n) is 3.96. The molecule has 0 saturated carbocycles. The quantitative estimate of drug-likeness (QED) is 0.580. The molecule has 4 amide bonds. The number of carbonyl (C=O) groups is 5. The Balaban J connectivity index is 1.46. The van der Waals surface area contributed by atoms with E-state index in [2.05, 4.69) is 5.32 Å². The predicted octanol–water partition coefficient (Wildman–Crippen LogP) is 1.98. The van der Waals surface area contributed by atoms with E-state index in [1.807, 2.05) is 0 Å². The molecule has 4 rings (SSSR count). The zero-order valence-electron chi connectivity index (χ0n) is 17.5. The number of carbonyl (C=O) groups excluding carboxylic acids is 5. The Kier molecular flexibility index (Phi) is 5.48. The Hall–Kier alpha value is -4.01. The van der Waals surface area contributed by atoms with Crippen LogP contribution in [0.3, 0.4) is 0 Å². The maximum Gasteiger partial charge on any atom is 0.329 e. The molecule has 0 radical (unpaired) electrons. The largest absolute Gasteiger partial charge is 0.454 e. The highest BCUT2D eigenvalue weighted by Gasteiger charge is 2.41. The Labute approximate surface area is 183 Å². The van der Waals surface area contributed by atoms with Gasteiger partial charge in [-0.1, -0.05) is 24.3 Å². The lowest BCUT2D eigenvalue weighted by Gasteiger charge is -2.28. The van der Waals surface area contributed by atoms with Gasteiger partial charge in [0.25, 0.3) is 17.7 Å². The first-order valence-electron chi connectivity index (χ1n) is 10.1. The standard InChI is InChI=1S/C23H21N3O6/c1-13-11-19(27)24-17-9-5-6-10-18(17)25(13)20(28)12-32-23(31)14(2)26-21(29)15-7-3-4-8-16(15)22(26)30/h3-10,13-14H,11-12H2,1-2H3,(H,24,27)/t13-,14-/m1/s1. The number of ether oxygens (including phenoxy) is 1. The molecular formula is C23H21N3O6. The number of fused-ring (bicyclic) bond motifs is 2. The van der Waals surface area contributed by atoms with E-state index >= 15 is 0 Å². The number of esters is 1. The molecule has 2 atom stereocenters. The first-order chi connectivity index (χ1) is 15.3. The molecule has 9 nitrogen and oxygen atoms in total. The van der Waals surface area contributed by atoms with Gasteiger partial charge < -0.3 is 15.0 Å². The molecule has 2 aliphatic rings. The molecule has 9 heteroatoms. The van der Waals surface area contributed by atoms with Crippen LogP contribution < -0.4 is 10.2 Å². The van der Waals surface area contributed by atoms with E-state index in [1.54, 1.807) is 43.3 Å². The number of para-hydroxylation sites is 2. The van der Waals surface area contributed by atoms with Gasteiger partial charge in [0.1, 0.15) is 6.04 Å². The number of nitrogens with zero attached hydrogens (tertiary/aromatic N) is 2. The highest BCUT2D eigenvalue weighted by atomic mass is 16.5. The van der Waals surface area contributed by atoms with Crippen LogP contribution in [-0.4, -0.2) is 53.2 Å². The van der Waals surface area contributed by atoms with Gasteiger partial charge in [-0.05, 0) is 38.1 Å². The van der Waals surface area contributed by atoms with E-state index in [1.165, 1.54) is 24.0 Å². The number of imide groups is 1. The summed E-state index contributed by atoms with van der Waals surface area (Å²) in [6.07, 6.45) is 0.0831. The van der Waals surface area contributed by atoms with Crippen molar-refractivity contribution in [2.24, 2.45) is 0 Å². The van der Waals surface area contributed by atoms with Crippen LogP contribution in [0.15, 0.2) is 48.5 Å². The minimum Gasteiger partial charge on any atom is -0.454 e. The van der Waals surface area contributed by atoms with Crippen LogP contribution in [0.5, 0.6) is 0 Å². The Bertz CT molecular complexity index is 1110. The second-order valence-corrected chi connectivity index (χ2v) is 7.69. The normalized spacial score (nSPS) is 18.4. The van der Waals surface area contributed by atoms with Crippen molar-refractivity contribution in [2.75, 3.05) is 16.8 Å². The van der Waals surface area contributed by atoms with Gasteiger partial charge in [0.2, 0.25) is 5.91 Å². The molecule has 2 aliphatic heterocycles. The van der Waals surface area contributed by atoms with E-state index in [0.29, 0.717) is 11.4 Å². The van der Waals surface area contributed by atoms with Crippen LogP contribution in [0.4, 0.5) is 11.4 Å². The monoisotopic (exact) mass is 435 g/mol. The highest BCUT2D eigenvalue weighted by molar-refractivity contribution is 6.22. The van der Waals surface area contributed by atoms with Crippen LogP contribution in [-0.2, 0) is 19.1 Å². The molecule has 164 valence electrons. The summed E-state index contributed by atoms with van der Waals surface area (Å²) in [6.45, 7) is 2.50. The van der Waals surface area contributed by atoms with Crippen molar-refractivity contribution < 1.29 is 28.7 Å². The van der Waals surface area contributed by atoms with Crippen molar-refractivity contribution in [3.05, 3.63) is 59.7 Å². The van der Waals surface area contributed by atoms with Gasteiger partial charge in [0.05, 0.1) is 22.5 Å². The second kappa shape index (κ2) is 8.26. The maximum atomic E-state index is 12.9. The van der Waals surface area contributed by atoms with Crippen molar-refractivity contribution in [1.29, 1.82) is 0 Å². The molecule has 0 aliphatic carbocycles. The summed E-state index contributed by atoms with van der Waals surface area (Å²) < 4.78 is 5.18. The molecule has 1 N–H and O–H groups in total. The van der Waals surface area contributed by atoms with Crippen LogP contribution in [0.1, 0.15) is 41.0 Å². The van der Waals surface area contributed by atoms with Crippen molar-refractivity contribution in [2.45, 2.75) is 32.4 Å². The summed E-state index contributed by atoms with van der Waals surface area (Å²) >= 11 is 0. The smallest absolute Gasteiger partial charge is 0.329 e. The summed E-state index contributed by atoms with van der Waals surface area (Å²) in [5.41, 5.74) is 1.43. The van der Waals surface area contributed by atoms with Crippen LogP contribution in [0.2, 0.25) is 0 Å². The van der Waals surface area contributed by atoms with Crippen molar-refractivity contribution >= 4 is 41.0 Å². The number of benzene rings is 2. The molecular weight excluding hydrogens is 414 g/mol. The molecule has 0 unspecified atom stereocenters. The zero-order valence-corrected chi connectivity index (χ0v) is 17.5. The SMILES string of the molecule is C[C@H](C(=O)OCC(=O)N1c2ccccc2NC(=O)C[C@H]1C)N1C(=O)c2ccccc2C1=O. The van der Waals surface area contributed by atoms with Gasteiger partial charge in [-0.25, -0.2) is 4.79 Å². The van der Waals surface area contributed by atoms with Gasteiger partial charge in [-0.3, -0.25) is 24.1 Å². The first-order valence-corrected chi connectivity index (χ1v) is 10.1. The fourth-order valence-corrected chi connectivity index (χ4v) is 3.96. The average molecular weight is 435 g/mol. The lowest BCUT2D eigenvalue weighted by atomic mass is 10.1. The fraction of sp³-hybridized carbons (Fsp3) is 0.261. The van der Waals surface area contributed by atoms with E-state index in [9.17, 15) is 24.0 Å². The lowest BCUT2D eigenvalue weighted by molar-refractivity contribution is -0.151. The molecule has 0 fully saturated rings. The minimum atomic E-state index is -1.20. The summed E-state index contributed by atoms with van der Waals surface area (Å²) in [5.74, 6) is -2.79. The maximum absolute atomic E-state index is 12.9. The minimum absolute atomic E-state index is 0.0831. The van der Waals surface area contributed by atoms with E-state index in [0.717, 1.165) is 4.90 Å². The van der Waals surface area contributed by atoms with Gasteiger partial charge in [-0.15, -0.1) is 0 Å². The Morgan fingerprint density at radius 3 is 2.28 bits per heavy atom. The van der Waals surface area contributed by atoms with Crippen molar-refractivity contribution in [3.63, 3.8) is 0 Å². The predicted molar refractivity (Wildman–Crippen MR) is 114 cm³/mol. The van der Waals surface area contributed by atoms with Crippen LogP contribution >= 0.6 is 0 Å². The zero-order chi connectivity index (χ0) is 23.0. The molecule has 2 aromatic carbocycles. The molecule has 0 saturated heterocycles. The van der Waals surface area contributed by atoms with Gasteiger partial charge in [0, 0.05) is 12.5 Å². The lowest BCUT2D eigenvalue weighted by Crippen LogP contribution is -2.46. The molecule has 0 bridgehead atoms. The topological polar surface area (TPSA) is 113 Å². The summed E-state index contributed by atoms with van der Waals surface area (Å²) in [6, 6.07) is 11.5. The Morgan fingerprint density at radius 1 is 1.03 bits per heavy atom. The first kappa shape index (κ1) is 21.2. The number of nitrogens with one attached hydrogen (secondary N) is 1. The van der Waals surface area contributed by atoms with Crippen LogP contribution in [0, 0.1) is 0 Å². The second-order valence-electron chi connectivity index (χ2n) is 7.69. The molecule has 2 aromatic rings. The third kappa shape index (κ3) is 3.62. The average Bonchev–Trinajstić information content (AvgIpc) is 2.94. The molecule has 2 heterocycles. The molecule has 32 heavy (non-hydrogen) atoms. The van der Waals surface area contributed by atoms with Crippen molar-refractivity contribution in [1.82, 2.24) is 4.90 Å². The Morgan fingerprint density at radius 2 is 1.62 bits per heavy atom. The van der Waals surface area contributed by atoms with Gasteiger partial charge in [0.15, 0.2) is 6.61 Å². The number of anilines is 2. The highest BCUT2D eigenvalue weighted by Crippen LogP contribution is 2.31. The number of amides is 4. The van der Waals surface area contributed by atoms with Gasteiger partial charge >= 0.3 is 5.97 Å². The number of rotatable bonds is 4. The van der Waals surface area contributed by atoms with Crippen LogP contribution in [0.25, 0.3) is 0 Å². The summed E-state index contributed by atoms with van der Waals surface area (Å²) in [4.78, 5) is 65.0. The molecule has 0 spiro atoms. The number of hydrogen-bond donors (Lipinski definition) is 1. The van der Waals surface area contributed by atoms with E-state index in [-0.39, 0.29) is 23.5 Å². The van der Waals surface area contributed by atoms with Crippen molar-refractivity contribution in [3.8, 4) is 0 Å². The third-order valence-corrected chi connectivity index (χ3v) is 5.52. The third-order valence-electron chi connectivity index (χ3n) is 5.52. The summed E-state index contributed by atoms with van der Waals surface area (Å²) in [7, 11) is 0. The summed E-state index contributed by atoms with van der Waals surface area (Å²) in [5, 5.41) is 2.75. The number of hydrogen-bond acceptors (Lipinski definition) is 6. The molecule has 0 aromatic heterocycles. The van der Waals surface area contributed by atoms with E-state index < -0.39 is 42.4 Å². The van der Waals surface area contributed by atoms with Gasteiger partial charge in [-0.2, -0.15) is 0 Å². The van der Waals surface area contributed by atoms with E-state index in [4.69, 9.17) is 4.74 Å².